The molecule has 154 valence electrons. The molecule has 2 amide bonds. The van der Waals surface area contributed by atoms with Crippen molar-refractivity contribution in [2.24, 2.45) is 5.92 Å². The molecule has 2 aliphatic heterocycles. The zero-order valence-corrected chi connectivity index (χ0v) is 16.5. The van der Waals surface area contributed by atoms with Gasteiger partial charge in [0.2, 0.25) is 0 Å². The zero-order chi connectivity index (χ0) is 20.8. The Balaban J connectivity index is 2.06. The highest BCUT2D eigenvalue weighted by Crippen LogP contribution is 2.53. The summed E-state index contributed by atoms with van der Waals surface area (Å²) < 4.78 is 44.6. The molecule has 1 unspecified atom stereocenters. The van der Waals surface area contributed by atoms with Crippen LogP contribution in [0.15, 0.2) is 48.5 Å². The molecular formula is C22H24F3N3O. The monoisotopic (exact) mass is 403 g/mol. The van der Waals surface area contributed by atoms with E-state index in [2.05, 4.69) is 5.32 Å². The van der Waals surface area contributed by atoms with Gasteiger partial charge in [0.25, 0.3) is 5.92 Å². The number of rotatable bonds is 2. The number of nitrogens with zero attached hydrogens (tertiary/aromatic N) is 2. The van der Waals surface area contributed by atoms with Crippen LogP contribution in [0.25, 0.3) is 0 Å². The number of carbonyl (C=O) groups excluding carboxylic acids is 1. The molecule has 7 heteroatoms. The fourth-order valence-electron chi connectivity index (χ4n) is 5.07. The van der Waals surface area contributed by atoms with Gasteiger partial charge < -0.3 is 10.2 Å². The Bertz CT molecular complexity index is 918. The van der Waals surface area contributed by atoms with Crippen LogP contribution >= 0.6 is 0 Å². The molecule has 2 atom stereocenters. The molecule has 0 radical (unpaired) electrons. The number of likely N-dealkylation sites (tertiary alicyclic amines) is 1. The summed E-state index contributed by atoms with van der Waals surface area (Å²) in [6.07, 6.45) is 0.570. The molecule has 0 saturated carbocycles. The highest BCUT2D eigenvalue weighted by atomic mass is 19.3. The number of nitrogens with one attached hydrogen (secondary N) is 1. The van der Waals surface area contributed by atoms with Crippen LogP contribution in [-0.2, 0) is 12.0 Å². The van der Waals surface area contributed by atoms with E-state index in [0.29, 0.717) is 24.1 Å². The zero-order valence-electron chi connectivity index (χ0n) is 16.5. The molecule has 0 bridgehead atoms. The molecule has 0 aliphatic carbocycles. The lowest BCUT2D eigenvalue weighted by Crippen LogP contribution is -2.63. The third kappa shape index (κ3) is 2.99. The Hall–Kier alpha value is -2.54. The number of benzene rings is 2. The number of fused-ring (bicyclic) bond motifs is 1. The third-order valence-corrected chi connectivity index (χ3v) is 6.19. The average molecular weight is 403 g/mol. The van der Waals surface area contributed by atoms with E-state index in [9.17, 15) is 9.18 Å². The Morgan fingerprint density at radius 2 is 1.83 bits per heavy atom. The largest absolute Gasteiger partial charge is 0.341 e. The summed E-state index contributed by atoms with van der Waals surface area (Å²) in [7, 11) is 3.16. The predicted octanol–water partition coefficient (Wildman–Crippen LogP) is 3.46. The maximum Gasteiger partial charge on any atom is 0.318 e. The van der Waals surface area contributed by atoms with Crippen molar-refractivity contribution in [2.45, 2.75) is 17.9 Å². The number of amides is 2. The fourth-order valence-corrected chi connectivity index (χ4v) is 5.07. The van der Waals surface area contributed by atoms with E-state index in [4.69, 9.17) is 0 Å². The van der Waals surface area contributed by atoms with Crippen LogP contribution in [-0.4, -0.2) is 55.5 Å². The van der Waals surface area contributed by atoms with Gasteiger partial charge >= 0.3 is 6.03 Å². The van der Waals surface area contributed by atoms with Gasteiger partial charge in [-0.2, -0.15) is 0 Å². The lowest BCUT2D eigenvalue weighted by Gasteiger charge is -2.52. The molecule has 1 N–H and O–H groups in total. The van der Waals surface area contributed by atoms with Crippen molar-refractivity contribution in [3.8, 4) is 0 Å². The molecule has 2 aromatic carbocycles. The highest BCUT2D eigenvalue weighted by Gasteiger charge is 2.63. The van der Waals surface area contributed by atoms with Crippen LogP contribution in [0.4, 0.5) is 18.0 Å². The molecule has 4 nitrogen and oxygen atoms in total. The summed E-state index contributed by atoms with van der Waals surface area (Å²) in [5.41, 5.74) is 0.704. The molecule has 1 saturated heterocycles. The van der Waals surface area contributed by atoms with Crippen molar-refractivity contribution < 1.29 is 18.0 Å². The maximum absolute atomic E-state index is 15.4. The Kier molecular flexibility index (Phi) is 4.81. The van der Waals surface area contributed by atoms with Crippen molar-refractivity contribution in [1.82, 2.24) is 15.1 Å². The van der Waals surface area contributed by atoms with Crippen LogP contribution in [0.3, 0.4) is 0 Å². The first-order valence-corrected chi connectivity index (χ1v) is 9.71. The molecule has 0 spiro atoms. The molecular weight excluding hydrogens is 379 g/mol. The molecule has 29 heavy (non-hydrogen) atoms. The van der Waals surface area contributed by atoms with Crippen LogP contribution in [0, 0.1) is 11.7 Å². The van der Waals surface area contributed by atoms with Gasteiger partial charge in [0, 0.05) is 20.1 Å². The van der Waals surface area contributed by atoms with Gasteiger partial charge in [-0.3, -0.25) is 4.90 Å². The number of halogens is 3. The minimum atomic E-state index is -3.03. The second-order valence-corrected chi connectivity index (χ2v) is 7.90. The Morgan fingerprint density at radius 1 is 1.14 bits per heavy atom. The van der Waals surface area contributed by atoms with Crippen molar-refractivity contribution >= 4 is 6.03 Å². The van der Waals surface area contributed by atoms with Crippen molar-refractivity contribution in [3.63, 3.8) is 0 Å². The average Bonchev–Trinajstić information content (AvgIpc) is 2.99. The third-order valence-electron chi connectivity index (χ3n) is 6.19. The van der Waals surface area contributed by atoms with Gasteiger partial charge in [-0.15, -0.1) is 0 Å². The summed E-state index contributed by atoms with van der Waals surface area (Å²) in [6, 6.07) is 12.6. The van der Waals surface area contributed by atoms with E-state index in [1.165, 1.54) is 36.2 Å². The number of hydrogen-bond donors (Lipinski definition) is 1. The molecule has 1 fully saturated rings. The van der Waals surface area contributed by atoms with E-state index in [1.807, 2.05) is 18.2 Å². The van der Waals surface area contributed by atoms with Gasteiger partial charge in [-0.05, 0) is 42.3 Å². The van der Waals surface area contributed by atoms with Crippen LogP contribution in [0.1, 0.15) is 16.7 Å². The smallest absolute Gasteiger partial charge is 0.318 e. The summed E-state index contributed by atoms with van der Waals surface area (Å²) >= 11 is 0. The van der Waals surface area contributed by atoms with E-state index in [-0.39, 0.29) is 13.1 Å². The molecule has 2 heterocycles. The maximum atomic E-state index is 15.4. The van der Waals surface area contributed by atoms with Gasteiger partial charge in [0.05, 0.1) is 12.5 Å². The molecule has 4 rings (SSSR count). The minimum Gasteiger partial charge on any atom is -0.341 e. The SMILES string of the molecule is CNC(=O)N1CCc2ccccc2C1(c1ccc(F)cc1)[C@@H]1CN(C)CC1(F)F. The molecule has 2 aliphatic rings. The van der Waals surface area contributed by atoms with Crippen molar-refractivity contribution in [1.29, 1.82) is 0 Å². The normalized spacial score (nSPS) is 26.2. The number of hydrogen-bond acceptors (Lipinski definition) is 2. The number of urea groups is 1. The summed E-state index contributed by atoms with van der Waals surface area (Å²) in [5.74, 6) is -4.65. The lowest BCUT2D eigenvalue weighted by atomic mass is 9.66. The topological polar surface area (TPSA) is 35.6 Å². The summed E-state index contributed by atoms with van der Waals surface area (Å²) in [5, 5.41) is 2.62. The van der Waals surface area contributed by atoms with Gasteiger partial charge in [-0.1, -0.05) is 36.4 Å². The van der Waals surface area contributed by atoms with E-state index < -0.39 is 29.2 Å². The highest BCUT2D eigenvalue weighted by molar-refractivity contribution is 5.77. The van der Waals surface area contributed by atoms with Gasteiger partial charge in [0.1, 0.15) is 11.4 Å². The van der Waals surface area contributed by atoms with Crippen molar-refractivity contribution in [2.75, 3.05) is 33.7 Å². The standard InChI is InChI=1S/C22H24F3N3O/c1-26-20(29)28-12-11-15-5-3-4-6-18(15)22(28,16-7-9-17(23)10-8-16)19-13-27(2)14-21(19,24)25/h3-10,19H,11-14H2,1-2H3,(H,26,29)/t19-,22?/m1/s1. The Morgan fingerprint density at radius 3 is 2.45 bits per heavy atom. The van der Waals surface area contributed by atoms with E-state index in [0.717, 1.165) is 5.56 Å². The predicted molar refractivity (Wildman–Crippen MR) is 104 cm³/mol. The number of alkyl halides is 2. The first-order valence-electron chi connectivity index (χ1n) is 9.71. The molecule has 0 aromatic heterocycles. The van der Waals surface area contributed by atoms with E-state index in [1.54, 1.807) is 18.0 Å². The summed E-state index contributed by atoms with van der Waals surface area (Å²) in [4.78, 5) is 16.1. The van der Waals surface area contributed by atoms with Crippen LogP contribution in [0.5, 0.6) is 0 Å². The lowest BCUT2D eigenvalue weighted by molar-refractivity contribution is -0.0777. The second kappa shape index (κ2) is 7.06. The molecule has 2 aromatic rings. The van der Waals surface area contributed by atoms with Gasteiger partial charge in [-0.25, -0.2) is 18.0 Å². The summed E-state index contributed by atoms with van der Waals surface area (Å²) in [6.45, 7) is 0.0287. The Labute approximate surface area is 168 Å². The first-order chi connectivity index (χ1) is 13.8. The minimum absolute atomic E-state index is 0.117. The quantitative estimate of drug-likeness (QED) is 0.834. The van der Waals surface area contributed by atoms with Crippen molar-refractivity contribution in [3.05, 3.63) is 71.0 Å². The van der Waals surface area contributed by atoms with Crippen LogP contribution in [0.2, 0.25) is 0 Å². The van der Waals surface area contributed by atoms with E-state index >= 15 is 8.78 Å². The second-order valence-electron chi connectivity index (χ2n) is 7.90. The first kappa shape index (κ1) is 19.8. The van der Waals surface area contributed by atoms with Crippen LogP contribution < -0.4 is 5.32 Å². The fraction of sp³-hybridized carbons (Fsp3) is 0.409. The van der Waals surface area contributed by atoms with Gasteiger partial charge in [0.15, 0.2) is 0 Å². The number of carbonyl (C=O) groups is 1.